The average molecular weight is 488 g/mol. The lowest BCUT2D eigenvalue weighted by atomic mass is 9.77. The second-order valence-electron chi connectivity index (χ2n) is 9.85. The lowest BCUT2D eigenvalue weighted by Gasteiger charge is -2.37. The number of benzene rings is 3. The quantitative estimate of drug-likeness (QED) is 0.249. The van der Waals surface area contributed by atoms with E-state index in [-0.39, 0.29) is 5.56 Å². The number of anilines is 1. The van der Waals surface area contributed by atoms with Gasteiger partial charge in [0, 0.05) is 35.5 Å². The molecule has 186 valence electrons. The lowest BCUT2D eigenvalue weighted by Crippen LogP contribution is -2.33. The van der Waals surface area contributed by atoms with E-state index < -0.39 is 23.1 Å². The Morgan fingerprint density at radius 3 is 2.39 bits per heavy atom. The van der Waals surface area contributed by atoms with Gasteiger partial charge >= 0.3 is 11.9 Å². The van der Waals surface area contributed by atoms with Gasteiger partial charge in [-0.3, -0.25) is 4.89 Å². The Labute approximate surface area is 210 Å². The Morgan fingerprint density at radius 2 is 1.67 bits per heavy atom. The molecule has 1 unspecified atom stereocenters. The van der Waals surface area contributed by atoms with Crippen LogP contribution >= 0.6 is 0 Å². The van der Waals surface area contributed by atoms with E-state index >= 15 is 0 Å². The molecule has 0 N–H and O–H groups in total. The fourth-order valence-corrected chi connectivity index (χ4v) is 4.78. The third-order valence-corrected chi connectivity index (χ3v) is 6.43. The zero-order valence-electron chi connectivity index (χ0n) is 21.1. The molecule has 0 aliphatic carbocycles. The molecule has 3 aromatic carbocycles. The fraction of sp³-hybridized carbons (Fsp3) is 0.310. The molecule has 0 amide bonds. The minimum atomic E-state index is -1.20. The lowest BCUT2D eigenvalue weighted by molar-refractivity contribution is -0.301. The molecule has 2 aliphatic heterocycles. The first-order valence-corrected chi connectivity index (χ1v) is 12.1. The summed E-state index contributed by atoms with van der Waals surface area (Å²) in [4.78, 5) is 38.2. The molecule has 0 radical (unpaired) electrons. The highest BCUT2D eigenvalue weighted by Gasteiger charge is 2.53. The van der Waals surface area contributed by atoms with Crippen molar-refractivity contribution in [1.29, 1.82) is 0 Å². The van der Waals surface area contributed by atoms with Crippen LogP contribution in [-0.4, -0.2) is 30.6 Å². The largest absolute Gasteiger partial charge is 0.456 e. The molecule has 0 aromatic heterocycles. The molecule has 0 bridgehead atoms. The molecular formula is C29H29NO6. The maximum absolute atomic E-state index is 13.1. The molecule has 0 saturated carbocycles. The van der Waals surface area contributed by atoms with Crippen molar-refractivity contribution in [1.82, 2.24) is 0 Å². The molecule has 1 spiro atoms. The minimum Gasteiger partial charge on any atom is -0.456 e. The van der Waals surface area contributed by atoms with Crippen LogP contribution in [0.2, 0.25) is 0 Å². The van der Waals surface area contributed by atoms with Gasteiger partial charge in [-0.25, -0.2) is 9.59 Å². The SMILES string of the molecule is CCN(CC)c1ccc2c(c1)C1(OC(=O)c3ccccc31)c1ccc(C(=O)OOC(C)(C)C)cc1O2. The monoisotopic (exact) mass is 487 g/mol. The van der Waals surface area contributed by atoms with Gasteiger partial charge in [-0.1, -0.05) is 18.2 Å². The second kappa shape index (κ2) is 8.68. The number of esters is 1. The molecule has 0 fully saturated rings. The molecule has 2 heterocycles. The molecule has 2 aliphatic rings. The van der Waals surface area contributed by atoms with E-state index in [1.807, 2.05) is 36.4 Å². The average Bonchev–Trinajstić information content (AvgIpc) is 3.16. The van der Waals surface area contributed by atoms with Gasteiger partial charge in [-0.05, 0) is 77.1 Å². The summed E-state index contributed by atoms with van der Waals surface area (Å²) < 4.78 is 12.5. The molecule has 1 atom stereocenters. The van der Waals surface area contributed by atoms with E-state index in [2.05, 4.69) is 18.7 Å². The summed E-state index contributed by atoms with van der Waals surface area (Å²) in [5.41, 5.74) is 2.04. The molecule has 36 heavy (non-hydrogen) atoms. The van der Waals surface area contributed by atoms with Gasteiger partial charge in [0.1, 0.15) is 17.1 Å². The van der Waals surface area contributed by atoms with Gasteiger partial charge < -0.3 is 14.4 Å². The van der Waals surface area contributed by atoms with Gasteiger partial charge in [0.25, 0.3) is 0 Å². The van der Waals surface area contributed by atoms with Crippen LogP contribution < -0.4 is 9.64 Å². The van der Waals surface area contributed by atoms with Crippen molar-refractivity contribution in [3.8, 4) is 11.5 Å². The van der Waals surface area contributed by atoms with Crippen molar-refractivity contribution in [3.63, 3.8) is 0 Å². The van der Waals surface area contributed by atoms with Crippen molar-refractivity contribution in [2.24, 2.45) is 0 Å². The summed E-state index contributed by atoms with van der Waals surface area (Å²) >= 11 is 0. The Balaban J connectivity index is 1.67. The van der Waals surface area contributed by atoms with Crippen molar-refractivity contribution < 1.29 is 28.8 Å². The summed E-state index contributed by atoms with van der Waals surface area (Å²) in [6, 6.07) is 18.3. The highest BCUT2D eigenvalue weighted by molar-refractivity contribution is 5.97. The van der Waals surface area contributed by atoms with Gasteiger partial charge in [-0.2, -0.15) is 4.89 Å². The number of carbonyl (C=O) groups excluding carboxylic acids is 2. The number of hydrogen-bond acceptors (Lipinski definition) is 7. The van der Waals surface area contributed by atoms with E-state index in [1.165, 1.54) is 0 Å². The maximum Gasteiger partial charge on any atom is 0.373 e. The summed E-state index contributed by atoms with van der Waals surface area (Å²) in [5.74, 6) is -0.0799. The number of rotatable bonds is 5. The van der Waals surface area contributed by atoms with Crippen LogP contribution in [-0.2, 0) is 20.1 Å². The van der Waals surface area contributed by atoms with Crippen LogP contribution in [0.1, 0.15) is 72.0 Å². The maximum atomic E-state index is 13.1. The van der Waals surface area contributed by atoms with Crippen LogP contribution in [0.15, 0.2) is 60.7 Å². The van der Waals surface area contributed by atoms with Crippen LogP contribution in [0.3, 0.4) is 0 Å². The zero-order valence-corrected chi connectivity index (χ0v) is 21.1. The second-order valence-corrected chi connectivity index (χ2v) is 9.85. The third kappa shape index (κ3) is 3.80. The number of carbonyl (C=O) groups is 2. The van der Waals surface area contributed by atoms with Crippen molar-refractivity contribution in [2.45, 2.75) is 45.8 Å². The van der Waals surface area contributed by atoms with Crippen molar-refractivity contribution in [3.05, 3.63) is 88.5 Å². The fourth-order valence-electron chi connectivity index (χ4n) is 4.78. The van der Waals surface area contributed by atoms with E-state index in [4.69, 9.17) is 19.2 Å². The molecule has 7 heteroatoms. The predicted molar refractivity (Wildman–Crippen MR) is 135 cm³/mol. The van der Waals surface area contributed by atoms with Crippen LogP contribution in [0.4, 0.5) is 5.69 Å². The van der Waals surface area contributed by atoms with Gasteiger partial charge in [0.15, 0.2) is 5.60 Å². The number of hydrogen-bond donors (Lipinski definition) is 0. The van der Waals surface area contributed by atoms with Gasteiger partial charge in [0.05, 0.1) is 11.1 Å². The highest BCUT2D eigenvalue weighted by Crippen LogP contribution is 2.56. The Morgan fingerprint density at radius 1 is 0.917 bits per heavy atom. The van der Waals surface area contributed by atoms with E-state index in [0.29, 0.717) is 22.6 Å². The predicted octanol–water partition coefficient (Wildman–Crippen LogP) is 5.99. The summed E-state index contributed by atoms with van der Waals surface area (Å²) in [6.45, 7) is 11.2. The normalized spacial score (nSPS) is 17.5. The number of fused-ring (bicyclic) bond motifs is 6. The first-order chi connectivity index (χ1) is 17.2. The number of nitrogens with zero attached hydrogens (tertiary/aromatic N) is 1. The first-order valence-electron chi connectivity index (χ1n) is 12.1. The summed E-state index contributed by atoms with van der Waals surface area (Å²) in [7, 11) is 0. The third-order valence-electron chi connectivity index (χ3n) is 6.43. The van der Waals surface area contributed by atoms with Gasteiger partial charge in [0.2, 0.25) is 0 Å². The van der Waals surface area contributed by atoms with E-state index in [9.17, 15) is 9.59 Å². The Hall–Kier alpha value is -3.84. The molecule has 0 saturated heterocycles. The van der Waals surface area contributed by atoms with Crippen LogP contribution in [0, 0.1) is 0 Å². The molecule has 7 nitrogen and oxygen atoms in total. The van der Waals surface area contributed by atoms with Crippen LogP contribution in [0.5, 0.6) is 11.5 Å². The Kier molecular flexibility index (Phi) is 5.75. The highest BCUT2D eigenvalue weighted by atomic mass is 17.2. The van der Waals surface area contributed by atoms with E-state index in [0.717, 1.165) is 29.9 Å². The molecular weight excluding hydrogens is 458 g/mol. The van der Waals surface area contributed by atoms with E-state index in [1.54, 1.807) is 45.0 Å². The minimum absolute atomic E-state index is 0.258. The smallest absolute Gasteiger partial charge is 0.373 e. The van der Waals surface area contributed by atoms with Gasteiger partial charge in [-0.15, -0.1) is 0 Å². The summed E-state index contributed by atoms with van der Waals surface area (Å²) in [5, 5.41) is 0. The topological polar surface area (TPSA) is 74.3 Å². The molecule has 5 rings (SSSR count). The summed E-state index contributed by atoms with van der Waals surface area (Å²) in [6.07, 6.45) is 0. The zero-order chi connectivity index (χ0) is 25.7. The molecule has 3 aromatic rings. The van der Waals surface area contributed by atoms with Crippen molar-refractivity contribution >= 4 is 17.6 Å². The van der Waals surface area contributed by atoms with Crippen LogP contribution in [0.25, 0.3) is 0 Å². The Bertz CT molecular complexity index is 1350. The first kappa shape index (κ1) is 23.9. The standard InChI is InChI=1S/C29H29NO6/c1-6-30(7-2)19-13-15-24-23(17-19)29(21-11-9-8-10-20(21)27(32)34-29)22-14-12-18(16-25(22)33-24)26(31)35-36-28(3,4)5/h8-17H,6-7H2,1-5H3. The van der Waals surface area contributed by atoms with Crippen molar-refractivity contribution in [2.75, 3.05) is 18.0 Å². The number of ether oxygens (including phenoxy) is 2.